The van der Waals surface area contributed by atoms with Crippen molar-refractivity contribution in [1.82, 2.24) is 9.80 Å². The lowest BCUT2D eigenvalue weighted by Crippen LogP contribution is -2.54. The Hall–Kier alpha value is -0.930. The number of benzene rings is 1. The maximum absolute atomic E-state index is 13.4. The monoisotopic (exact) mass is 360 g/mol. The molecule has 2 atom stereocenters. The fraction of sp³-hybridized carbons (Fsp3) is 0.739. The van der Waals surface area contributed by atoms with E-state index in [0.29, 0.717) is 17.3 Å². The highest BCUT2D eigenvalue weighted by Gasteiger charge is 2.37. The molecule has 3 rings (SSSR count). The van der Waals surface area contributed by atoms with Gasteiger partial charge in [0.05, 0.1) is 0 Å². The van der Waals surface area contributed by atoms with Gasteiger partial charge in [-0.2, -0.15) is 0 Å². The molecule has 2 nitrogen and oxygen atoms in total. The molecule has 26 heavy (non-hydrogen) atoms. The molecule has 1 aliphatic carbocycles. The largest absolute Gasteiger partial charge is 0.300 e. The Labute approximate surface area is 159 Å². The number of nitrogens with zero attached hydrogens (tertiary/aromatic N) is 2. The second-order valence-corrected chi connectivity index (χ2v) is 10.3. The summed E-state index contributed by atoms with van der Waals surface area (Å²) in [6.07, 6.45) is 3.80. The molecule has 3 heteroatoms. The van der Waals surface area contributed by atoms with Crippen molar-refractivity contribution in [3.05, 3.63) is 35.6 Å². The quantitative estimate of drug-likeness (QED) is 0.735. The zero-order valence-electron chi connectivity index (χ0n) is 17.4. The van der Waals surface area contributed by atoms with Crippen LogP contribution in [0, 0.1) is 17.2 Å². The van der Waals surface area contributed by atoms with E-state index in [1.54, 1.807) is 12.1 Å². The average molecular weight is 361 g/mol. The summed E-state index contributed by atoms with van der Waals surface area (Å²) >= 11 is 0. The minimum absolute atomic E-state index is 0.126. The standard InChI is InChI=1S/C23H37FN2/c1-22(2,3)26-14-12-25(13-15-26)17-19-10-11-23(4,5)16-21(19)18-6-8-20(24)9-7-18/h6-9,19,21H,10-17H2,1-5H3. The van der Waals surface area contributed by atoms with Gasteiger partial charge in [-0.3, -0.25) is 4.90 Å². The van der Waals surface area contributed by atoms with Crippen LogP contribution in [0.15, 0.2) is 24.3 Å². The molecule has 0 aromatic heterocycles. The van der Waals surface area contributed by atoms with Gasteiger partial charge in [0, 0.05) is 38.3 Å². The summed E-state index contributed by atoms with van der Waals surface area (Å²) in [4.78, 5) is 5.27. The molecule has 1 aliphatic heterocycles. The molecule has 146 valence electrons. The molecule has 0 N–H and O–H groups in total. The van der Waals surface area contributed by atoms with Crippen LogP contribution in [0.3, 0.4) is 0 Å². The summed E-state index contributed by atoms with van der Waals surface area (Å²) in [5.41, 5.74) is 2.00. The van der Waals surface area contributed by atoms with Gasteiger partial charge < -0.3 is 4.90 Å². The second kappa shape index (κ2) is 7.59. The molecule has 0 bridgehead atoms. The molecule has 0 radical (unpaired) electrons. The lowest BCUT2D eigenvalue weighted by molar-refractivity contribution is 0.0428. The molecular formula is C23H37FN2. The Morgan fingerprint density at radius 3 is 2.23 bits per heavy atom. The van der Waals surface area contributed by atoms with Gasteiger partial charge in [0.25, 0.3) is 0 Å². The van der Waals surface area contributed by atoms with Gasteiger partial charge in [-0.1, -0.05) is 26.0 Å². The van der Waals surface area contributed by atoms with Crippen molar-refractivity contribution < 1.29 is 4.39 Å². The fourth-order valence-corrected chi connectivity index (χ4v) is 4.89. The van der Waals surface area contributed by atoms with Gasteiger partial charge in [0.2, 0.25) is 0 Å². The van der Waals surface area contributed by atoms with Crippen LogP contribution in [0.2, 0.25) is 0 Å². The number of halogens is 1. The van der Waals surface area contributed by atoms with Crippen molar-refractivity contribution in [3.63, 3.8) is 0 Å². The van der Waals surface area contributed by atoms with E-state index < -0.39 is 0 Å². The molecule has 1 saturated heterocycles. The number of rotatable bonds is 3. The lowest BCUT2D eigenvalue weighted by Gasteiger charge is -2.46. The summed E-state index contributed by atoms with van der Waals surface area (Å²) < 4.78 is 13.4. The normalized spacial score (nSPS) is 28.2. The van der Waals surface area contributed by atoms with E-state index in [9.17, 15) is 4.39 Å². The van der Waals surface area contributed by atoms with Crippen LogP contribution in [-0.4, -0.2) is 48.1 Å². The minimum atomic E-state index is -0.126. The molecule has 1 saturated carbocycles. The highest BCUT2D eigenvalue weighted by Crippen LogP contribution is 2.47. The van der Waals surface area contributed by atoms with E-state index in [1.807, 2.05) is 12.1 Å². The van der Waals surface area contributed by atoms with Crippen LogP contribution in [0.4, 0.5) is 4.39 Å². The highest BCUT2D eigenvalue weighted by atomic mass is 19.1. The van der Waals surface area contributed by atoms with Gasteiger partial charge in [-0.25, -0.2) is 4.39 Å². The van der Waals surface area contributed by atoms with E-state index in [4.69, 9.17) is 0 Å². The van der Waals surface area contributed by atoms with Crippen molar-refractivity contribution in [2.75, 3.05) is 32.7 Å². The van der Waals surface area contributed by atoms with Crippen molar-refractivity contribution in [2.45, 2.75) is 65.3 Å². The van der Waals surface area contributed by atoms with Crippen LogP contribution in [0.5, 0.6) is 0 Å². The van der Waals surface area contributed by atoms with E-state index in [0.717, 1.165) is 0 Å². The lowest BCUT2D eigenvalue weighted by atomic mass is 9.65. The molecule has 0 spiro atoms. The fourth-order valence-electron chi connectivity index (χ4n) is 4.89. The first kappa shape index (κ1) is 19.8. The Morgan fingerprint density at radius 1 is 1.04 bits per heavy atom. The summed E-state index contributed by atoms with van der Waals surface area (Å²) in [6.45, 7) is 17.6. The third-order valence-electron chi connectivity index (χ3n) is 6.65. The van der Waals surface area contributed by atoms with Gasteiger partial charge in [0.15, 0.2) is 0 Å². The minimum Gasteiger partial charge on any atom is -0.300 e. The van der Waals surface area contributed by atoms with Crippen LogP contribution in [0.1, 0.15) is 65.4 Å². The first-order valence-electron chi connectivity index (χ1n) is 10.4. The van der Waals surface area contributed by atoms with E-state index in [2.05, 4.69) is 44.4 Å². The first-order valence-corrected chi connectivity index (χ1v) is 10.4. The molecule has 2 fully saturated rings. The molecule has 0 amide bonds. The van der Waals surface area contributed by atoms with E-state index >= 15 is 0 Å². The molecule has 2 aliphatic rings. The first-order chi connectivity index (χ1) is 12.1. The number of hydrogen-bond donors (Lipinski definition) is 0. The van der Waals surface area contributed by atoms with Crippen molar-refractivity contribution in [1.29, 1.82) is 0 Å². The SMILES string of the molecule is CC1(C)CCC(CN2CCN(C(C)(C)C)CC2)C(c2ccc(F)cc2)C1. The summed E-state index contributed by atoms with van der Waals surface area (Å²) in [5, 5.41) is 0. The number of hydrogen-bond acceptors (Lipinski definition) is 2. The zero-order valence-corrected chi connectivity index (χ0v) is 17.4. The third kappa shape index (κ3) is 4.86. The smallest absolute Gasteiger partial charge is 0.123 e. The summed E-state index contributed by atoms with van der Waals surface area (Å²) in [6, 6.07) is 7.31. The van der Waals surface area contributed by atoms with Crippen LogP contribution in [-0.2, 0) is 0 Å². The Kier molecular flexibility index (Phi) is 5.79. The maximum atomic E-state index is 13.4. The summed E-state index contributed by atoms with van der Waals surface area (Å²) in [7, 11) is 0. The van der Waals surface area contributed by atoms with Crippen LogP contribution < -0.4 is 0 Å². The Morgan fingerprint density at radius 2 is 1.65 bits per heavy atom. The average Bonchev–Trinajstić information content (AvgIpc) is 2.57. The Balaban J connectivity index is 1.66. The van der Waals surface area contributed by atoms with Gasteiger partial charge in [0.1, 0.15) is 5.82 Å². The molecule has 1 aromatic rings. The number of piperazine rings is 1. The predicted molar refractivity (Wildman–Crippen MR) is 108 cm³/mol. The molecule has 1 heterocycles. The van der Waals surface area contributed by atoms with E-state index in [-0.39, 0.29) is 11.4 Å². The summed E-state index contributed by atoms with van der Waals surface area (Å²) in [5.74, 6) is 1.12. The topological polar surface area (TPSA) is 6.48 Å². The molecule has 1 aromatic carbocycles. The van der Waals surface area contributed by atoms with Crippen molar-refractivity contribution in [2.24, 2.45) is 11.3 Å². The zero-order chi connectivity index (χ0) is 18.9. The highest BCUT2D eigenvalue weighted by molar-refractivity contribution is 5.22. The maximum Gasteiger partial charge on any atom is 0.123 e. The van der Waals surface area contributed by atoms with Crippen molar-refractivity contribution in [3.8, 4) is 0 Å². The van der Waals surface area contributed by atoms with Gasteiger partial charge in [-0.05, 0) is 75.0 Å². The third-order valence-corrected chi connectivity index (χ3v) is 6.65. The van der Waals surface area contributed by atoms with E-state index in [1.165, 1.54) is 57.5 Å². The molecule has 2 unspecified atom stereocenters. The van der Waals surface area contributed by atoms with Gasteiger partial charge in [-0.15, -0.1) is 0 Å². The Bertz CT molecular complexity index is 579. The van der Waals surface area contributed by atoms with Crippen LogP contribution in [0.25, 0.3) is 0 Å². The molecular weight excluding hydrogens is 323 g/mol. The predicted octanol–water partition coefficient (Wildman–Crippen LogP) is 5.15. The van der Waals surface area contributed by atoms with Crippen molar-refractivity contribution >= 4 is 0 Å². The van der Waals surface area contributed by atoms with Gasteiger partial charge >= 0.3 is 0 Å². The second-order valence-electron chi connectivity index (χ2n) is 10.3. The van der Waals surface area contributed by atoms with Crippen LogP contribution >= 0.6 is 0 Å².